The van der Waals surface area contributed by atoms with Gasteiger partial charge < -0.3 is 26.9 Å². The van der Waals surface area contributed by atoms with Gasteiger partial charge in [0.2, 0.25) is 0 Å². The molecule has 0 bridgehead atoms. The molecule has 5 nitrogen and oxygen atoms in total. The number of rotatable bonds is 0. The lowest BCUT2D eigenvalue weighted by atomic mass is 10.6. The van der Waals surface area contributed by atoms with E-state index in [0.29, 0.717) is 0 Å². The molecule has 0 amide bonds. The summed E-state index contributed by atoms with van der Waals surface area (Å²) >= 11 is 0. The molecule has 0 aromatic carbocycles. The zero-order chi connectivity index (χ0) is 5.28. The molecule has 1 rings (SSSR count). The summed E-state index contributed by atoms with van der Waals surface area (Å²) in [4.78, 5) is 0. The van der Waals surface area contributed by atoms with Gasteiger partial charge in [-0.05, 0) is 6.26 Å². The lowest BCUT2D eigenvalue weighted by Crippen LogP contribution is -1.93. The molecule has 0 aliphatic carbocycles. The molecule has 1 heterocycles. The summed E-state index contributed by atoms with van der Waals surface area (Å²) in [7, 11) is 0. The molecule has 0 fully saturated rings. The van der Waals surface area contributed by atoms with E-state index in [-0.39, 0.29) is 12.3 Å². The van der Waals surface area contributed by atoms with Crippen molar-refractivity contribution in [2.45, 2.75) is 0 Å². The second-order valence-corrected chi connectivity index (χ2v) is 1.07. The maximum absolute atomic E-state index is 10.0. The molecule has 0 aliphatic rings. The van der Waals surface area contributed by atoms with Crippen LogP contribution in [0, 0.1) is 0 Å². The van der Waals surface area contributed by atoms with Gasteiger partial charge in [0.15, 0.2) is 0 Å². The summed E-state index contributed by atoms with van der Waals surface area (Å²) in [5.41, 5.74) is 0. The fourth-order valence-corrected chi connectivity index (χ4v) is 0.284. The minimum atomic E-state index is -0.792. The number of hydrogen-bond donors (Lipinski definition) is 2. The zero-order valence-corrected chi connectivity index (χ0v) is 5.38. The first-order valence-electron chi connectivity index (χ1n) is 1.72. The predicted octanol–water partition coefficient (Wildman–Crippen LogP) is 0.179. The first-order chi connectivity index (χ1) is 3.30. The molecule has 5 heteroatoms. The molecular formula is C4H10N2O3. The van der Waals surface area contributed by atoms with Gasteiger partial charge >= 0.3 is 0 Å². The van der Waals surface area contributed by atoms with Crippen LogP contribution < -0.4 is 22.5 Å². The summed E-state index contributed by atoms with van der Waals surface area (Å²) in [6.07, 6.45) is 1.07. The van der Waals surface area contributed by atoms with Gasteiger partial charge in [0.05, 0.1) is 0 Å². The Kier molecular flexibility index (Phi) is 4.48. The highest BCUT2D eigenvalue weighted by Crippen LogP contribution is 2.16. The maximum Gasteiger partial charge on any atom is 0.0472 e. The third-order valence-electron chi connectivity index (χ3n) is 0.596. The third kappa shape index (κ3) is 2.02. The van der Waals surface area contributed by atoms with E-state index in [1.54, 1.807) is 0 Å². The topological polar surface area (TPSA) is 132 Å². The van der Waals surface area contributed by atoms with Crippen molar-refractivity contribution >= 4 is 0 Å². The third-order valence-corrected chi connectivity index (χ3v) is 0.596. The first kappa shape index (κ1) is 10.7. The summed E-state index contributed by atoms with van der Waals surface area (Å²) in [6, 6.07) is 1.09. The minimum Gasteiger partial charge on any atom is -0.871 e. The molecule has 0 aliphatic heterocycles. The van der Waals surface area contributed by atoms with E-state index in [9.17, 15) is 10.2 Å². The van der Waals surface area contributed by atoms with Gasteiger partial charge in [-0.25, -0.2) is 0 Å². The lowest BCUT2D eigenvalue weighted by Gasteiger charge is -2.02. The van der Waals surface area contributed by atoms with Crippen LogP contribution in [-0.4, -0.2) is 0 Å². The van der Waals surface area contributed by atoms with Gasteiger partial charge in [-0.15, -0.1) is 0 Å². The Bertz CT molecular complexity index is 146. The molecule has 1 aromatic heterocycles. The van der Waals surface area contributed by atoms with Gasteiger partial charge in [0.1, 0.15) is 0 Å². The fraction of sp³-hybridized carbons (Fsp3) is 0. The molecule has 0 unspecified atom stereocenters. The fourth-order valence-electron chi connectivity index (χ4n) is 0.284. The van der Waals surface area contributed by atoms with Gasteiger partial charge in [-0.2, -0.15) is 0 Å². The first-order valence-corrected chi connectivity index (χ1v) is 1.72. The minimum absolute atomic E-state index is 0. The average molecular weight is 134 g/mol. The van der Waals surface area contributed by atoms with Crippen LogP contribution in [0.15, 0.2) is 16.7 Å². The van der Waals surface area contributed by atoms with Crippen molar-refractivity contribution < 1.29 is 14.6 Å². The largest absolute Gasteiger partial charge is 0.871 e. The Balaban J connectivity index is 0. The quantitative estimate of drug-likeness (QED) is 0.524. The van der Waals surface area contributed by atoms with E-state index < -0.39 is 11.7 Å². The highest BCUT2D eigenvalue weighted by atomic mass is 16.5. The molecule has 54 valence electrons. The van der Waals surface area contributed by atoms with Crippen LogP contribution in [-0.2, 0) is 0 Å². The van der Waals surface area contributed by atoms with Crippen LogP contribution in [0.1, 0.15) is 0 Å². The Labute approximate surface area is 52.1 Å². The van der Waals surface area contributed by atoms with Gasteiger partial charge in [0.25, 0.3) is 0 Å². The summed E-state index contributed by atoms with van der Waals surface area (Å²) in [6.45, 7) is 0. The van der Waals surface area contributed by atoms with Crippen LogP contribution in [0.5, 0.6) is 11.7 Å². The molecular weight excluding hydrogens is 124 g/mol. The summed E-state index contributed by atoms with van der Waals surface area (Å²) in [5.74, 6) is -1.37. The molecule has 1 aromatic rings. The molecule has 0 saturated carbocycles. The van der Waals surface area contributed by atoms with Crippen molar-refractivity contribution in [2.24, 2.45) is 0 Å². The second-order valence-electron chi connectivity index (χ2n) is 1.07. The second kappa shape index (κ2) is 3.76. The Morgan fingerprint density at radius 3 is 1.89 bits per heavy atom. The molecule has 9 heavy (non-hydrogen) atoms. The summed E-state index contributed by atoms with van der Waals surface area (Å²) in [5, 5.41) is 20.0. The Morgan fingerprint density at radius 2 is 1.78 bits per heavy atom. The predicted molar refractivity (Wildman–Crippen MR) is 29.6 cm³/mol. The number of quaternary nitrogens is 2. The molecule has 0 saturated heterocycles. The standard InChI is InChI=1S/C4H4O3.2H3N/c5-3-1-2-7-4(3)6;;/h1-2,5-6H;2*1H3. The van der Waals surface area contributed by atoms with Crippen LogP contribution >= 0.6 is 0 Å². The van der Waals surface area contributed by atoms with E-state index in [0.717, 1.165) is 12.3 Å². The lowest BCUT2D eigenvalue weighted by molar-refractivity contribution is -0.333. The van der Waals surface area contributed by atoms with E-state index >= 15 is 0 Å². The van der Waals surface area contributed by atoms with Crippen molar-refractivity contribution in [3.63, 3.8) is 0 Å². The molecule has 8 N–H and O–H groups in total. The van der Waals surface area contributed by atoms with E-state index in [4.69, 9.17) is 0 Å². The van der Waals surface area contributed by atoms with E-state index in [1.807, 2.05) is 0 Å². The average Bonchev–Trinajstić information content (AvgIpc) is 1.91. The number of hydrogen-bond acceptors (Lipinski definition) is 3. The smallest absolute Gasteiger partial charge is 0.0472 e. The highest BCUT2D eigenvalue weighted by molar-refractivity contribution is 5.23. The van der Waals surface area contributed by atoms with Crippen molar-refractivity contribution in [2.75, 3.05) is 0 Å². The zero-order valence-electron chi connectivity index (χ0n) is 5.38. The SMILES string of the molecule is [NH4+].[NH4+].[O-]c1ccoc1[O-]. The van der Waals surface area contributed by atoms with Crippen molar-refractivity contribution in [3.8, 4) is 11.7 Å². The van der Waals surface area contributed by atoms with Crippen molar-refractivity contribution in [1.82, 2.24) is 12.3 Å². The van der Waals surface area contributed by atoms with Gasteiger partial charge in [0, 0.05) is 5.95 Å². The van der Waals surface area contributed by atoms with Crippen molar-refractivity contribution in [1.29, 1.82) is 0 Å². The number of furan rings is 1. The summed E-state index contributed by atoms with van der Waals surface area (Å²) < 4.78 is 4.10. The van der Waals surface area contributed by atoms with Gasteiger partial charge in [-0.1, -0.05) is 11.8 Å². The van der Waals surface area contributed by atoms with Crippen LogP contribution in [0.2, 0.25) is 0 Å². The van der Waals surface area contributed by atoms with Crippen LogP contribution in [0.4, 0.5) is 0 Å². The normalized spacial score (nSPS) is 7.11. The Hall–Kier alpha value is -1.20. The molecule has 0 atom stereocenters. The molecule has 0 radical (unpaired) electrons. The van der Waals surface area contributed by atoms with E-state index in [2.05, 4.69) is 4.42 Å². The van der Waals surface area contributed by atoms with Crippen molar-refractivity contribution in [3.05, 3.63) is 12.3 Å². The van der Waals surface area contributed by atoms with Gasteiger partial charge in [-0.3, -0.25) is 0 Å². The Morgan fingerprint density at radius 1 is 1.22 bits per heavy atom. The van der Waals surface area contributed by atoms with E-state index in [1.165, 1.54) is 0 Å². The monoisotopic (exact) mass is 134 g/mol. The molecule has 0 spiro atoms. The van der Waals surface area contributed by atoms with Crippen LogP contribution in [0.3, 0.4) is 0 Å². The van der Waals surface area contributed by atoms with Crippen LogP contribution in [0.25, 0.3) is 0 Å². The highest BCUT2D eigenvalue weighted by Gasteiger charge is 1.74. The maximum atomic E-state index is 10.0.